The molecule has 9 heteroatoms. The fourth-order valence-corrected chi connectivity index (χ4v) is 5.09. The lowest BCUT2D eigenvalue weighted by atomic mass is 9.99. The van der Waals surface area contributed by atoms with Crippen LogP contribution in [-0.2, 0) is 17.6 Å². The minimum atomic E-state index is -0.432. The van der Waals surface area contributed by atoms with Crippen molar-refractivity contribution in [3.8, 4) is 0 Å². The summed E-state index contributed by atoms with van der Waals surface area (Å²) < 4.78 is 5.60. The number of nitrogen functional groups attached to an aromatic ring is 1. The van der Waals surface area contributed by atoms with E-state index in [0.717, 1.165) is 27.2 Å². The third-order valence-electron chi connectivity index (χ3n) is 6.75. The molecule has 3 aromatic carbocycles. The van der Waals surface area contributed by atoms with Crippen molar-refractivity contribution in [2.24, 2.45) is 0 Å². The summed E-state index contributed by atoms with van der Waals surface area (Å²) in [5.41, 5.74) is 10.7. The van der Waals surface area contributed by atoms with Crippen molar-refractivity contribution in [1.29, 1.82) is 0 Å². The van der Waals surface area contributed by atoms with Crippen LogP contribution in [0, 0.1) is 0 Å². The van der Waals surface area contributed by atoms with Crippen LogP contribution in [0.15, 0.2) is 71.2 Å². The fraction of sp³-hybridized carbons (Fsp3) is 0.100. The lowest BCUT2D eigenvalue weighted by molar-refractivity contribution is -0.114. The van der Waals surface area contributed by atoms with Gasteiger partial charge in [0.05, 0.1) is 0 Å². The van der Waals surface area contributed by atoms with E-state index in [1.165, 1.54) is 6.08 Å². The maximum Gasteiger partial charge on any atom is 0.291 e. The summed E-state index contributed by atoms with van der Waals surface area (Å²) in [6.07, 6.45) is 3.79. The number of aromatic amines is 1. The molecule has 0 aliphatic heterocycles. The van der Waals surface area contributed by atoms with Crippen LogP contribution in [0.3, 0.4) is 0 Å². The molecule has 5 N–H and O–H groups in total. The average Bonchev–Trinajstić information content (AvgIpc) is 3.55. The Kier molecular flexibility index (Phi) is 6.17. The average molecular weight is 539 g/mol. The first-order valence-corrected chi connectivity index (χ1v) is 12.9. The van der Waals surface area contributed by atoms with Gasteiger partial charge in [-0.05, 0) is 65.9 Å². The molecule has 0 atom stereocenters. The number of halogens is 1. The highest BCUT2D eigenvalue weighted by atomic mass is 35.5. The van der Waals surface area contributed by atoms with Crippen LogP contribution in [0.25, 0.3) is 27.8 Å². The van der Waals surface area contributed by atoms with Gasteiger partial charge in [0.1, 0.15) is 11.5 Å². The molecule has 2 amide bonds. The number of aromatic nitrogens is 1. The number of anilines is 3. The Bertz CT molecular complexity index is 1830. The zero-order chi connectivity index (χ0) is 27.1. The van der Waals surface area contributed by atoms with Gasteiger partial charge in [-0.3, -0.25) is 14.4 Å². The van der Waals surface area contributed by atoms with Gasteiger partial charge in [-0.1, -0.05) is 24.3 Å². The molecular weight excluding hydrogens is 516 g/mol. The van der Waals surface area contributed by atoms with Gasteiger partial charge in [-0.25, -0.2) is 0 Å². The number of nitrogens with two attached hydrogens (primary N) is 1. The molecule has 0 saturated carbocycles. The number of fused-ring (bicyclic) bond motifs is 3. The Balaban J connectivity index is 1.23. The summed E-state index contributed by atoms with van der Waals surface area (Å²) >= 11 is 6.07. The van der Waals surface area contributed by atoms with Crippen molar-refractivity contribution in [3.63, 3.8) is 0 Å². The van der Waals surface area contributed by atoms with Gasteiger partial charge in [0.15, 0.2) is 11.5 Å². The molecule has 6 rings (SSSR count). The Morgan fingerprint density at radius 1 is 0.974 bits per heavy atom. The molecule has 0 bridgehead atoms. The van der Waals surface area contributed by atoms with Crippen LogP contribution < -0.4 is 16.4 Å². The monoisotopic (exact) mass is 538 g/mol. The summed E-state index contributed by atoms with van der Waals surface area (Å²) in [4.78, 5) is 40.7. The summed E-state index contributed by atoms with van der Waals surface area (Å²) in [6.45, 7) is 0. The summed E-state index contributed by atoms with van der Waals surface area (Å²) in [7, 11) is 0. The van der Waals surface area contributed by atoms with E-state index in [1.54, 1.807) is 42.5 Å². The van der Waals surface area contributed by atoms with E-state index >= 15 is 0 Å². The zero-order valence-electron chi connectivity index (χ0n) is 20.6. The largest absolute Gasteiger partial charge is 0.451 e. The van der Waals surface area contributed by atoms with E-state index in [1.807, 2.05) is 24.3 Å². The standard InChI is InChI=1S/C30H23ClN4O4/c31-10-9-22-20-3-1-2-4-21(20)23(32)15-25(22)35-29(37)26-13-16-11-18(5-7-24(16)34-26)33-30(38)28-14-17-12-19(36)6-8-27(17)39-28/h1-8,11,13-15,34H,9-10,12,32H2,(H,33,38)(H,35,37). The van der Waals surface area contributed by atoms with Crippen molar-refractivity contribution in [1.82, 2.24) is 4.98 Å². The zero-order valence-corrected chi connectivity index (χ0v) is 21.4. The Morgan fingerprint density at radius 2 is 1.79 bits per heavy atom. The van der Waals surface area contributed by atoms with Gasteiger partial charge in [-0.2, -0.15) is 0 Å². The fourth-order valence-electron chi connectivity index (χ4n) is 4.90. The highest BCUT2D eigenvalue weighted by Gasteiger charge is 2.20. The van der Waals surface area contributed by atoms with E-state index in [2.05, 4.69) is 15.6 Å². The topological polar surface area (TPSA) is 130 Å². The lowest BCUT2D eigenvalue weighted by Gasteiger charge is -2.15. The molecule has 1 aliphatic carbocycles. The van der Waals surface area contributed by atoms with Crippen LogP contribution in [0.4, 0.5) is 17.1 Å². The predicted molar refractivity (Wildman–Crippen MR) is 153 cm³/mol. The van der Waals surface area contributed by atoms with Crippen LogP contribution in [0.2, 0.25) is 0 Å². The molecule has 194 valence electrons. The second-order valence-corrected chi connectivity index (χ2v) is 9.72. The molecule has 2 aromatic heterocycles. The number of H-pyrrole nitrogens is 1. The van der Waals surface area contributed by atoms with Gasteiger partial charge < -0.3 is 25.8 Å². The van der Waals surface area contributed by atoms with Crippen molar-refractivity contribution < 1.29 is 18.8 Å². The molecule has 5 aromatic rings. The number of ketones is 1. The van der Waals surface area contributed by atoms with Crippen molar-refractivity contribution in [3.05, 3.63) is 95.1 Å². The number of rotatable bonds is 6. The number of hydrogen-bond acceptors (Lipinski definition) is 5. The van der Waals surface area contributed by atoms with E-state index < -0.39 is 5.91 Å². The number of benzene rings is 3. The highest BCUT2D eigenvalue weighted by molar-refractivity contribution is 6.18. The number of hydrogen-bond donors (Lipinski definition) is 4. The first-order valence-electron chi connectivity index (χ1n) is 12.3. The SMILES string of the molecule is Nc1cc(NC(=O)c2cc3cc(NC(=O)c4cc5c(o4)C=CC(=O)C5)ccc3[nH]2)c(CCCl)c2ccccc12. The third-order valence-corrected chi connectivity index (χ3v) is 6.94. The second-order valence-electron chi connectivity index (χ2n) is 9.35. The van der Waals surface area contributed by atoms with E-state index in [4.69, 9.17) is 21.8 Å². The summed E-state index contributed by atoms with van der Waals surface area (Å²) in [6, 6.07) is 18.1. The molecule has 8 nitrogen and oxygen atoms in total. The van der Waals surface area contributed by atoms with Crippen LogP contribution in [0.5, 0.6) is 0 Å². The second kappa shape index (κ2) is 9.81. The number of allylic oxidation sites excluding steroid dienone is 1. The first-order chi connectivity index (χ1) is 18.9. The lowest BCUT2D eigenvalue weighted by Crippen LogP contribution is -2.14. The molecule has 2 heterocycles. The third kappa shape index (κ3) is 4.66. The van der Waals surface area contributed by atoms with Gasteiger partial charge in [0.2, 0.25) is 0 Å². The molecule has 0 radical (unpaired) electrons. The Hall–Kier alpha value is -4.82. The molecule has 1 aliphatic rings. The van der Waals surface area contributed by atoms with Crippen molar-refractivity contribution in [2.75, 3.05) is 22.2 Å². The number of alkyl halides is 1. The molecule has 0 saturated heterocycles. The van der Waals surface area contributed by atoms with Gasteiger partial charge >= 0.3 is 0 Å². The van der Waals surface area contributed by atoms with E-state index in [9.17, 15) is 14.4 Å². The molecule has 0 fully saturated rings. The van der Waals surface area contributed by atoms with Gasteiger partial charge in [0.25, 0.3) is 11.8 Å². The molecule has 0 spiro atoms. The van der Waals surface area contributed by atoms with Crippen LogP contribution in [-0.4, -0.2) is 28.5 Å². The maximum absolute atomic E-state index is 13.2. The number of nitrogens with one attached hydrogen (secondary N) is 3. The highest BCUT2D eigenvalue weighted by Crippen LogP contribution is 2.33. The van der Waals surface area contributed by atoms with Crippen LogP contribution >= 0.6 is 11.6 Å². The minimum Gasteiger partial charge on any atom is -0.451 e. The summed E-state index contributed by atoms with van der Waals surface area (Å²) in [5, 5.41) is 8.39. The number of carbonyl (C=O) groups excluding carboxylic acids is 3. The van der Waals surface area contributed by atoms with E-state index in [-0.39, 0.29) is 23.9 Å². The molecular formula is C30H23ClN4O4. The Morgan fingerprint density at radius 3 is 2.62 bits per heavy atom. The molecule has 39 heavy (non-hydrogen) atoms. The smallest absolute Gasteiger partial charge is 0.291 e. The Labute approximate surface area is 227 Å². The van der Waals surface area contributed by atoms with Crippen molar-refractivity contribution >= 4 is 74.0 Å². The molecule has 0 unspecified atom stereocenters. The minimum absolute atomic E-state index is 0.0348. The summed E-state index contributed by atoms with van der Waals surface area (Å²) in [5.74, 6) is 0.236. The van der Waals surface area contributed by atoms with Gasteiger partial charge in [0, 0.05) is 51.2 Å². The number of amides is 2. The van der Waals surface area contributed by atoms with Crippen LogP contribution in [0.1, 0.15) is 37.9 Å². The van der Waals surface area contributed by atoms with E-state index in [0.29, 0.717) is 46.4 Å². The predicted octanol–water partition coefficient (Wildman–Crippen LogP) is 5.92. The number of carbonyl (C=O) groups is 3. The van der Waals surface area contributed by atoms with Gasteiger partial charge in [-0.15, -0.1) is 11.6 Å². The number of aryl methyl sites for hydroxylation is 1. The maximum atomic E-state index is 13.2. The quantitative estimate of drug-likeness (QED) is 0.157. The number of furan rings is 1. The van der Waals surface area contributed by atoms with Crippen molar-refractivity contribution in [2.45, 2.75) is 12.8 Å². The first kappa shape index (κ1) is 24.5. The normalized spacial score (nSPS) is 12.6.